The molecule has 0 amide bonds. The van der Waals surface area contributed by atoms with Crippen LogP contribution in [0.3, 0.4) is 0 Å². The second-order valence-electron chi connectivity index (χ2n) is 8.29. The van der Waals surface area contributed by atoms with E-state index < -0.39 is 32.5 Å². The molecule has 2 N–H and O–H groups in total. The number of hydrogen-bond donors (Lipinski definition) is 2. The zero-order valence-electron chi connectivity index (χ0n) is 20.5. The number of rotatable bonds is 22. The normalized spacial score (nSPS) is 12.7. The summed E-state index contributed by atoms with van der Waals surface area (Å²) in [6.45, 7) is 3.43. The third-order valence-corrected chi connectivity index (χ3v) is 5.53. The van der Waals surface area contributed by atoms with Crippen molar-refractivity contribution in [3.05, 3.63) is 12.2 Å². The Hall–Kier alpha value is -1.21. The highest BCUT2D eigenvalue weighted by molar-refractivity contribution is 7.46. The Bertz CT molecular complexity index is 573. The van der Waals surface area contributed by atoms with Crippen LogP contribution in [-0.2, 0) is 28.2 Å². The van der Waals surface area contributed by atoms with Crippen molar-refractivity contribution in [2.75, 3.05) is 13.2 Å². The Morgan fingerprint density at radius 3 is 1.97 bits per heavy atom. The van der Waals surface area contributed by atoms with E-state index in [9.17, 15) is 14.2 Å². The van der Waals surface area contributed by atoms with E-state index in [4.69, 9.17) is 19.3 Å². The van der Waals surface area contributed by atoms with E-state index in [0.717, 1.165) is 70.6 Å². The summed E-state index contributed by atoms with van der Waals surface area (Å²) >= 11 is 0. The van der Waals surface area contributed by atoms with Gasteiger partial charge in [0.2, 0.25) is 0 Å². The Labute approximate surface area is 199 Å². The molecule has 9 heteroatoms. The molecule has 0 unspecified atom stereocenters. The topological polar surface area (TPSA) is 119 Å². The van der Waals surface area contributed by atoms with E-state index in [1.165, 1.54) is 6.42 Å². The van der Waals surface area contributed by atoms with Crippen LogP contribution in [0.25, 0.3) is 0 Å². The van der Waals surface area contributed by atoms with Gasteiger partial charge < -0.3 is 19.3 Å². The molecule has 1 atom stereocenters. The third-order valence-electron chi connectivity index (χ3n) is 5.05. The van der Waals surface area contributed by atoms with Gasteiger partial charge in [0.05, 0.1) is 6.61 Å². The highest BCUT2D eigenvalue weighted by Gasteiger charge is 2.22. The molecule has 0 aromatic rings. The quantitative estimate of drug-likeness (QED) is 0.0817. The maximum absolute atomic E-state index is 12.1. The molecule has 0 heterocycles. The summed E-state index contributed by atoms with van der Waals surface area (Å²) in [6, 6.07) is 0. The molecule has 0 aliphatic carbocycles. The number of phosphoric ester groups is 1. The fraction of sp³-hybridized carbons (Fsp3) is 0.833. The predicted molar refractivity (Wildman–Crippen MR) is 129 cm³/mol. The lowest BCUT2D eigenvalue weighted by atomic mass is 10.1. The Balaban J connectivity index is 4.17. The number of hydrogen-bond acceptors (Lipinski definition) is 6. The molecular weight excluding hydrogens is 447 g/mol. The lowest BCUT2D eigenvalue weighted by molar-refractivity contribution is -0.161. The minimum atomic E-state index is -4.72. The van der Waals surface area contributed by atoms with Gasteiger partial charge in [0.1, 0.15) is 6.61 Å². The first-order chi connectivity index (χ1) is 15.8. The SMILES string of the molecule is CC/C=C\CCCCCCCC(=O)O[C@@H](COC(=O)CCCCCCCC)COP(=O)(O)O. The number of carbonyl (C=O) groups is 2. The Morgan fingerprint density at radius 1 is 0.788 bits per heavy atom. The first kappa shape index (κ1) is 31.8. The van der Waals surface area contributed by atoms with Crippen molar-refractivity contribution >= 4 is 19.8 Å². The van der Waals surface area contributed by atoms with Gasteiger partial charge in [0.15, 0.2) is 6.10 Å². The molecule has 0 bridgehead atoms. The molecule has 0 aliphatic heterocycles. The zero-order valence-corrected chi connectivity index (χ0v) is 21.4. The molecule has 0 aromatic carbocycles. The monoisotopic (exact) mass is 492 g/mol. The van der Waals surface area contributed by atoms with Crippen molar-refractivity contribution in [2.45, 2.75) is 116 Å². The van der Waals surface area contributed by atoms with Gasteiger partial charge in [0, 0.05) is 12.8 Å². The Kier molecular flexibility index (Phi) is 20.5. The second kappa shape index (κ2) is 21.3. The van der Waals surface area contributed by atoms with E-state index in [1.54, 1.807) is 0 Å². The van der Waals surface area contributed by atoms with Gasteiger partial charge in [-0.25, -0.2) is 4.57 Å². The zero-order chi connectivity index (χ0) is 24.8. The number of unbranched alkanes of at least 4 members (excludes halogenated alkanes) is 10. The van der Waals surface area contributed by atoms with Crippen LogP contribution in [0.2, 0.25) is 0 Å². The van der Waals surface area contributed by atoms with Crippen LogP contribution in [0.1, 0.15) is 110 Å². The molecule has 8 nitrogen and oxygen atoms in total. The van der Waals surface area contributed by atoms with Gasteiger partial charge in [-0.3, -0.25) is 14.1 Å². The lowest BCUT2D eigenvalue weighted by Crippen LogP contribution is -2.29. The number of allylic oxidation sites excluding steroid dienone is 2. The minimum absolute atomic E-state index is 0.202. The van der Waals surface area contributed by atoms with Gasteiger partial charge in [-0.2, -0.15) is 0 Å². The Morgan fingerprint density at radius 2 is 1.36 bits per heavy atom. The van der Waals surface area contributed by atoms with Gasteiger partial charge >= 0.3 is 19.8 Å². The average molecular weight is 493 g/mol. The van der Waals surface area contributed by atoms with Crippen LogP contribution in [0.5, 0.6) is 0 Å². The molecule has 0 rings (SSSR count). The minimum Gasteiger partial charge on any atom is -0.462 e. The molecule has 0 saturated carbocycles. The molecule has 194 valence electrons. The van der Waals surface area contributed by atoms with Crippen LogP contribution < -0.4 is 0 Å². The van der Waals surface area contributed by atoms with Crippen LogP contribution in [0.4, 0.5) is 0 Å². The maximum atomic E-state index is 12.1. The van der Waals surface area contributed by atoms with Crippen LogP contribution >= 0.6 is 7.82 Å². The first-order valence-corrected chi connectivity index (χ1v) is 14.0. The van der Waals surface area contributed by atoms with E-state index >= 15 is 0 Å². The number of carbonyl (C=O) groups excluding carboxylic acids is 2. The summed E-state index contributed by atoms with van der Waals surface area (Å²) in [5.41, 5.74) is 0. The van der Waals surface area contributed by atoms with Gasteiger partial charge in [-0.15, -0.1) is 0 Å². The largest absolute Gasteiger partial charge is 0.469 e. The van der Waals surface area contributed by atoms with Crippen molar-refractivity contribution in [3.8, 4) is 0 Å². The maximum Gasteiger partial charge on any atom is 0.469 e. The molecule has 33 heavy (non-hydrogen) atoms. The highest BCUT2D eigenvalue weighted by atomic mass is 31.2. The van der Waals surface area contributed by atoms with Crippen molar-refractivity contribution in [2.24, 2.45) is 0 Å². The first-order valence-electron chi connectivity index (χ1n) is 12.5. The number of ether oxygens (including phenoxy) is 2. The molecule has 0 radical (unpaired) electrons. The summed E-state index contributed by atoms with van der Waals surface area (Å²) in [5, 5.41) is 0. The second-order valence-corrected chi connectivity index (χ2v) is 9.52. The summed E-state index contributed by atoms with van der Waals surface area (Å²) in [6.07, 6.45) is 17.0. The summed E-state index contributed by atoms with van der Waals surface area (Å²) in [4.78, 5) is 41.8. The van der Waals surface area contributed by atoms with Gasteiger partial charge in [-0.1, -0.05) is 77.4 Å². The molecule has 0 aromatic heterocycles. The standard InChI is InChI=1S/C24H45O8P/c1-3-5-7-9-11-12-13-15-17-19-24(26)32-22(21-31-33(27,28)29)20-30-23(25)18-16-14-10-8-6-4-2/h5,7,22H,3-4,6,8-21H2,1-2H3,(H2,27,28,29)/b7-5-/t22-/m0/s1. The van der Waals surface area contributed by atoms with Crippen LogP contribution in [0, 0.1) is 0 Å². The van der Waals surface area contributed by atoms with Gasteiger partial charge in [0.25, 0.3) is 0 Å². The molecule has 0 aliphatic rings. The lowest BCUT2D eigenvalue weighted by Gasteiger charge is -2.18. The third kappa shape index (κ3) is 23.7. The van der Waals surface area contributed by atoms with Crippen LogP contribution in [0.15, 0.2) is 12.2 Å². The summed E-state index contributed by atoms with van der Waals surface area (Å²) < 4.78 is 25.8. The molecule has 0 spiro atoms. The van der Waals surface area contributed by atoms with Crippen molar-refractivity contribution in [3.63, 3.8) is 0 Å². The van der Waals surface area contributed by atoms with E-state index in [2.05, 4.69) is 30.5 Å². The predicted octanol–water partition coefficient (Wildman–Crippen LogP) is 6.00. The number of esters is 2. The number of phosphoric acid groups is 1. The van der Waals surface area contributed by atoms with Crippen molar-refractivity contribution in [1.29, 1.82) is 0 Å². The summed E-state index contributed by atoms with van der Waals surface area (Å²) in [7, 11) is -4.72. The van der Waals surface area contributed by atoms with E-state index in [0.29, 0.717) is 6.42 Å². The smallest absolute Gasteiger partial charge is 0.462 e. The van der Waals surface area contributed by atoms with E-state index in [1.807, 2.05) is 0 Å². The van der Waals surface area contributed by atoms with Crippen molar-refractivity contribution in [1.82, 2.24) is 0 Å². The van der Waals surface area contributed by atoms with Crippen molar-refractivity contribution < 1.29 is 37.9 Å². The summed E-state index contributed by atoms with van der Waals surface area (Å²) in [5.74, 6) is -0.913. The molecule has 0 saturated heterocycles. The fourth-order valence-corrected chi connectivity index (χ4v) is 3.56. The highest BCUT2D eigenvalue weighted by Crippen LogP contribution is 2.35. The average Bonchev–Trinajstić information content (AvgIpc) is 2.76. The van der Waals surface area contributed by atoms with Gasteiger partial charge in [-0.05, 0) is 32.1 Å². The molecular formula is C24H45O8P. The fourth-order valence-electron chi connectivity index (χ4n) is 3.20. The van der Waals surface area contributed by atoms with E-state index in [-0.39, 0.29) is 19.4 Å². The molecule has 0 fully saturated rings. The van der Waals surface area contributed by atoms with Crippen LogP contribution in [-0.4, -0.2) is 41.0 Å².